The van der Waals surface area contributed by atoms with E-state index in [9.17, 15) is 67.1 Å². The lowest BCUT2D eigenvalue weighted by molar-refractivity contribution is -0.385. The smallest absolute Gasteiger partial charge is 0.298 e. The molecule has 11 heterocycles. The lowest BCUT2D eigenvalue weighted by Crippen LogP contribution is -2.47. The van der Waals surface area contributed by atoms with Crippen LogP contribution in [0.15, 0.2) is 244 Å². The van der Waals surface area contributed by atoms with Gasteiger partial charge in [-0.3, -0.25) is 49.5 Å². The summed E-state index contributed by atoms with van der Waals surface area (Å²) in [7, 11) is 4.54. The number of nitro groups is 3. The number of carbonyl (C=O) groups is 4. The number of halogens is 7. The molecule has 6 aromatic heterocycles. The molecule has 0 aliphatic carbocycles. The predicted octanol–water partition coefficient (Wildman–Crippen LogP) is 13.7. The van der Waals surface area contributed by atoms with E-state index < -0.39 is 55.8 Å². The van der Waals surface area contributed by atoms with Gasteiger partial charge in [-0.15, -0.1) is 0 Å². The van der Waals surface area contributed by atoms with Crippen molar-refractivity contribution in [3.05, 3.63) is 330 Å². The van der Waals surface area contributed by atoms with Crippen molar-refractivity contribution in [3.8, 4) is 22.3 Å². The highest BCUT2D eigenvalue weighted by atomic mass is 35.5. The van der Waals surface area contributed by atoms with Gasteiger partial charge in [0.05, 0.1) is 64.3 Å². The zero-order valence-corrected chi connectivity index (χ0v) is 78.2. The summed E-state index contributed by atoms with van der Waals surface area (Å²) in [5, 5.41) is 50.3. The molecule has 0 unspecified atom stereocenters. The van der Waals surface area contributed by atoms with E-state index in [0.717, 1.165) is 193 Å². The summed E-state index contributed by atoms with van der Waals surface area (Å²) >= 11 is 16.0. The predicted molar refractivity (Wildman–Crippen MR) is 526 cm³/mol. The number of benzene rings is 7. The van der Waals surface area contributed by atoms with Crippen LogP contribution in [0.4, 0.5) is 86.6 Å². The first-order chi connectivity index (χ1) is 66.5. The summed E-state index contributed by atoms with van der Waals surface area (Å²) in [5.41, 5.74) is 17.2. The molecule has 43 heteroatoms. The van der Waals surface area contributed by atoms with Gasteiger partial charge in [0, 0.05) is 250 Å². The van der Waals surface area contributed by atoms with Crippen LogP contribution < -0.4 is 61.3 Å². The van der Waals surface area contributed by atoms with Crippen molar-refractivity contribution < 1.29 is 56.6 Å². The number of aliphatic hydroxyl groups is 1. The molecule has 138 heavy (non-hydrogen) atoms. The number of aryl methyl sites for hydroxylation is 2. The second-order valence-electron chi connectivity index (χ2n) is 30.7. The highest BCUT2D eigenvalue weighted by molar-refractivity contribution is 6.83. The van der Waals surface area contributed by atoms with Crippen molar-refractivity contribution in [2.45, 2.75) is 13.8 Å². The monoisotopic (exact) mass is 1950 g/mol. The van der Waals surface area contributed by atoms with Crippen LogP contribution in [-0.4, -0.2) is 230 Å². The minimum absolute atomic E-state index is 0.0596. The minimum atomic E-state index is -0.964. The Morgan fingerprint density at radius 1 is 0.384 bits per heavy atom. The van der Waals surface area contributed by atoms with Gasteiger partial charge in [0.25, 0.3) is 39.8 Å². The van der Waals surface area contributed by atoms with Crippen LogP contribution in [0.1, 0.15) is 32.4 Å². The van der Waals surface area contributed by atoms with E-state index in [4.69, 9.17) is 45.6 Å². The number of piperazine rings is 5. The molecule has 0 saturated carbocycles. The topological polar surface area (TPSA) is 428 Å². The van der Waals surface area contributed by atoms with Crippen LogP contribution in [-0.2, 0) is 23.7 Å². The SMILES string of the molecule is C1CNCCN1.CO.Cc1cc(-c2ccccc2)c(C(=O)C(=O)Cl)n1C.Cc1cc(-c2ccccc2)c(C(=O)C(=O)Nc2ccc(N3CCN(c4ncc(F)cn4)CC3)cc2)n1C.Fc1cnc(Cl)nc1.Nc1ccc(N2CCN(c3ncc(F)cn3)CC2)cc1.O=[N+]([O-])c1ccc(Cl)cc1.O=[N+]([O-])c1ccc(N2CCN(c3ncc(F)cn3)CC2)cc1.O=[N+]([O-])c1ccc(N2CCNCC2)cc1. The number of aliphatic hydroxyl groups excluding tert-OH is 1. The fraction of sp³-hybridized carbons (Fsp3) is 0.263. The van der Waals surface area contributed by atoms with Crippen molar-refractivity contribution in [2.24, 2.45) is 14.1 Å². The molecule has 7 aromatic carbocycles. The largest absolute Gasteiger partial charge is 0.400 e. The fourth-order valence-corrected chi connectivity index (χ4v) is 14.7. The number of anilines is 9. The van der Waals surface area contributed by atoms with Crippen molar-refractivity contribution in [1.29, 1.82) is 0 Å². The van der Waals surface area contributed by atoms with Crippen molar-refractivity contribution >= 4 is 127 Å². The van der Waals surface area contributed by atoms with E-state index in [1.165, 1.54) is 66.9 Å². The first-order valence-electron chi connectivity index (χ1n) is 43.3. The maximum atomic E-state index is 13.2. The lowest BCUT2D eigenvalue weighted by Gasteiger charge is -2.36. The second-order valence-corrected chi connectivity index (χ2v) is 31.8. The third-order valence-electron chi connectivity index (χ3n) is 21.7. The number of carbonyl (C=O) groups excluding carboxylic acids is 4. The second kappa shape index (κ2) is 53.3. The summed E-state index contributed by atoms with van der Waals surface area (Å²) in [4.78, 5) is 125. The number of rotatable bonds is 17. The highest BCUT2D eigenvalue weighted by Crippen LogP contribution is 2.32. The van der Waals surface area contributed by atoms with Gasteiger partial charge in [-0.25, -0.2) is 57.4 Å². The van der Waals surface area contributed by atoms with E-state index in [2.05, 4.69) is 85.6 Å². The summed E-state index contributed by atoms with van der Waals surface area (Å²) in [5.74, 6) is -2.10. The van der Waals surface area contributed by atoms with E-state index in [1.807, 2.05) is 145 Å². The maximum Gasteiger partial charge on any atom is 0.298 e. The number of nitrogens with two attached hydrogens (primary N) is 1. The van der Waals surface area contributed by atoms with E-state index >= 15 is 0 Å². The number of Topliss-reactive ketones (excluding diaryl/α,β-unsaturated/α-hetero) is 2. The number of ketones is 2. The van der Waals surface area contributed by atoms with Gasteiger partial charge in [-0.05, 0) is 145 Å². The van der Waals surface area contributed by atoms with Crippen LogP contribution in [0.25, 0.3) is 22.3 Å². The van der Waals surface area contributed by atoms with Gasteiger partial charge in [-0.1, -0.05) is 72.3 Å². The van der Waals surface area contributed by atoms with E-state index in [1.54, 1.807) is 59.6 Å². The molecule has 0 radical (unpaired) electrons. The third kappa shape index (κ3) is 31.5. The first kappa shape index (κ1) is 105. The molecule has 18 rings (SSSR count). The van der Waals surface area contributed by atoms with Crippen LogP contribution >= 0.6 is 34.8 Å². The highest BCUT2D eigenvalue weighted by Gasteiger charge is 2.29. The molecule has 13 aromatic rings. The Balaban J connectivity index is 0.000000171. The van der Waals surface area contributed by atoms with Crippen molar-refractivity contribution in [2.75, 3.05) is 183 Å². The molecule has 0 bridgehead atoms. The Kier molecular flexibility index (Phi) is 40.5. The number of amides is 1. The summed E-state index contributed by atoms with van der Waals surface area (Å²) in [6, 6.07) is 57.1. The number of hydrogen-bond acceptors (Lipinski definition) is 30. The first-order valence-corrected chi connectivity index (χ1v) is 44.4. The maximum absolute atomic E-state index is 13.2. The van der Waals surface area contributed by atoms with Crippen molar-refractivity contribution in [3.63, 3.8) is 0 Å². The molecule has 5 aliphatic heterocycles. The Morgan fingerprint density at radius 2 is 0.659 bits per heavy atom. The van der Waals surface area contributed by atoms with Gasteiger partial charge >= 0.3 is 0 Å². The third-order valence-corrected chi connectivity index (χ3v) is 22.4. The lowest BCUT2D eigenvalue weighted by atomic mass is 10.0. The zero-order valence-electron chi connectivity index (χ0n) is 75.9. The Labute approximate surface area is 807 Å². The van der Waals surface area contributed by atoms with Crippen LogP contribution in [0, 0.1) is 67.5 Å². The molecule has 5 saturated heterocycles. The van der Waals surface area contributed by atoms with Gasteiger partial charge in [0.15, 0.2) is 23.3 Å². The van der Waals surface area contributed by atoms with Gasteiger partial charge < -0.3 is 75.5 Å². The molecule has 0 spiro atoms. The number of nitrogens with zero attached hydrogens (tertiary/aromatic N) is 20. The molecular weight excluding hydrogens is 1850 g/mol. The molecule has 5 aliphatic rings. The van der Waals surface area contributed by atoms with Crippen LogP contribution in [0.3, 0.4) is 0 Å². The summed E-state index contributed by atoms with van der Waals surface area (Å²) in [6.45, 7) is 21.4. The zero-order chi connectivity index (χ0) is 99.2. The Bertz CT molecular complexity index is 5970. The number of aromatic nitrogens is 10. The molecule has 36 nitrogen and oxygen atoms in total. The molecule has 7 N–H and O–H groups in total. The molecule has 1 amide bonds. The average Bonchev–Trinajstić information content (AvgIpc) is 1.81. The fourth-order valence-electron chi connectivity index (χ4n) is 14.4. The van der Waals surface area contributed by atoms with Crippen LogP contribution in [0.2, 0.25) is 10.3 Å². The molecular formula is C95H102Cl3F4N25O11. The van der Waals surface area contributed by atoms with Crippen LogP contribution in [0.5, 0.6) is 0 Å². The Hall–Kier alpha value is -15.1. The quantitative estimate of drug-likeness (QED) is 0.00720. The van der Waals surface area contributed by atoms with E-state index in [0.29, 0.717) is 66.1 Å². The molecule has 722 valence electrons. The number of nitrogens with one attached hydrogen (secondary N) is 4. The molecule has 5 fully saturated rings. The summed E-state index contributed by atoms with van der Waals surface area (Å²) in [6.07, 6.45) is 9.09. The Morgan fingerprint density at radius 3 is 0.964 bits per heavy atom. The van der Waals surface area contributed by atoms with Crippen molar-refractivity contribution in [1.82, 2.24) is 65.0 Å². The van der Waals surface area contributed by atoms with Gasteiger partial charge in [0.1, 0.15) is 11.4 Å². The van der Waals surface area contributed by atoms with E-state index in [-0.39, 0.29) is 27.3 Å². The van der Waals surface area contributed by atoms with Gasteiger partial charge in [0.2, 0.25) is 23.1 Å². The minimum Gasteiger partial charge on any atom is -0.400 e. The standard InChI is InChI=1S/C28H27FN6O2.C14H12ClNO2.C14H14FN5O2.C14H16FN5.C10H13N3O2.C6H4ClNO2.C4H2ClFN2.C4H10N2.CH4O/c1-19-16-24(20-6-4-3-5-7-20)25(33(19)2)26(36)27(37)32-22-8-10-23(11-9-22)34-12-14-35(15-13-34)28-30-17-21(29)18-31-28;1-9-8-11(10-6-4-3-5-7-10)12(16(9)2)13(17)14(15)18;15-11-9-16-14(17-10-11)19-7-5-18(6-8-19)12-1-3-13(4-2-12)20(21)22;15-11-9-17-14(18-10-11)20-7-5-19(6-8-20)13-3-1-12(16)2-4-13;14-13(15)10-3-1-9(2-4-10)12-7-5-11-6-8-12;7-5-1-3-6(4-2-5)8(9)10;5-4-7-1-3(6)2-8-4;1-2-6-4-3-5-1;1-2/h3-11,16-18H,12-15H2,1-2H3,(H,32,37);3-8H,1-2H3;1-4,9-10H,5-8H2;1-4,9-10H,5-8,16H2;1-4,11H,5-8H2;1-4H;1-2H;5-6H,1-4H2;2H,1H3. The number of hydrogen-bond donors (Lipinski definition) is 6. The number of non-ortho nitro benzene ring substituents is 3. The number of nitrogen functional groups attached to an aromatic ring is 1. The number of nitro benzene ring substituents is 3. The normalized spacial score (nSPS) is 13.7. The molecule has 0 atom stereocenters. The average molecular weight is 1950 g/mol. The summed E-state index contributed by atoms with van der Waals surface area (Å²) < 4.78 is 54.1. The van der Waals surface area contributed by atoms with Gasteiger partial charge in [-0.2, -0.15) is 0 Å².